The zero-order chi connectivity index (χ0) is 11.0. The maximum absolute atomic E-state index is 9.85. The van der Waals surface area contributed by atoms with Crippen LogP contribution in [-0.4, -0.2) is 22.9 Å². The highest BCUT2D eigenvalue weighted by Gasteiger charge is 2.42. The summed E-state index contributed by atoms with van der Waals surface area (Å²) in [6, 6.07) is 0. The van der Waals surface area contributed by atoms with E-state index in [1.54, 1.807) is 0 Å². The van der Waals surface area contributed by atoms with Gasteiger partial charge in [-0.3, -0.25) is 0 Å². The Morgan fingerprint density at radius 3 is 2.56 bits per heavy atom. The monoisotopic (exact) mass is 224 g/mol. The summed E-state index contributed by atoms with van der Waals surface area (Å²) in [6.07, 6.45) is 12.8. The van der Waals surface area contributed by atoms with Gasteiger partial charge in [-0.15, -0.1) is 0 Å². The van der Waals surface area contributed by atoms with Crippen LogP contribution in [0.15, 0.2) is 0 Å². The molecule has 2 atom stereocenters. The normalized spacial score (nSPS) is 34.7. The highest BCUT2D eigenvalue weighted by atomic mass is 16.5. The van der Waals surface area contributed by atoms with Gasteiger partial charge in [0.25, 0.3) is 0 Å². The second kappa shape index (κ2) is 4.30. The van der Waals surface area contributed by atoms with E-state index in [0.717, 1.165) is 12.8 Å². The molecular formula is C14H24O2. The lowest BCUT2D eigenvalue weighted by atomic mass is 9.97. The zero-order valence-corrected chi connectivity index (χ0v) is 10.2. The minimum absolute atomic E-state index is 0.0382. The molecule has 3 rings (SSSR count). The summed E-state index contributed by atoms with van der Waals surface area (Å²) in [6.45, 7) is 0. The fraction of sp³-hybridized carbons (Fsp3) is 1.00. The fourth-order valence-electron chi connectivity index (χ4n) is 3.56. The van der Waals surface area contributed by atoms with Crippen LogP contribution < -0.4 is 0 Å². The van der Waals surface area contributed by atoms with Crippen molar-refractivity contribution in [2.45, 2.75) is 82.0 Å². The number of hydrogen-bond acceptors (Lipinski definition) is 2. The van der Waals surface area contributed by atoms with Crippen LogP contribution >= 0.6 is 0 Å². The van der Waals surface area contributed by atoms with E-state index in [2.05, 4.69) is 0 Å². The molecule has 2 saturated carbocycles. The Hall–Kier alpha value is -0.0800. The number of hydrogen-bond donors (Lipinski definition) is 1. The summed E-state index contributed by atoms with van der Waals surface area (Å²) in [4.78, 5) is 0. The molecule has 0 amide bonds. The molecule has 1 aliphatic heterocycles. The number of aliphatic hydroxyl groups is 1. The van der Waals surface area contributed by atoms with Crippen molar-refractivity contribution in [2.75, 3.05) is 0 Å². The Morgan fingerprint density at radius 2 is 1.88 bits per heavy atom. The zero-order valence-electron chi connectivity index (χ0n) is 10.2. The Morgan fingerprint density at radius 1 is 1.12 bits per heavy atom. The van der Waals surface area contributed by atoms with Crippen LogP contribution in [0.3, 0.4) is 0 Å². The topological polar surface area (TPSA) is 29.5 Å². The molecule has 0 bridgehead atoms. The molecule has 0 aromatic rings. The molecule has 3 aliphatic rings. The standard InChI is InChI=1S/C14H24O2/c15-13(11-3-4-11)6-5-12-7-10-14(16-12)8-1-2-9-14/h11-13,15H,1-10H2. The molecular weight excluding hydrogens is 200 g/mol. The SMILES string of the molecule is OC(CCC1CCC2(CCCC2)O1)C1CC1. The van der Waals surface area contributed by atoms with Crippen molar-refractivity contribution >= 4 is 0 Å². The van der Waals surface area contributed by atoms with Gasteiger partial charge in [0.2, 0.25) is 0 Å². The van der Waals surface area contributed by atoms with Crippen molar-refractivity contribution < 1.29 is 9.84 Å². The molecule has 1 heterocycles. The smallest absolute Gasteiger partial charge is 0.0687 e. The largest absolute Gasteiger partial charge is 0.393 e. The van der Waals surface area contributed by atoms with Gasteiger partial charge in [-0.25, -0.2) is 0 Å². The molecule has 92 valence electrons. The average Bonchev–Trinajstić information content (AvgIpc) is 2.94. The van der Waals surface area contributed by atoms with Crippen molar-refractivity contribution in [3.63, 3.8) is 0 Å². The van der Waals surface area contributed by atoms with E-state index < -0.39 is 0 Å². The quantitative estimate of drug-likeness (QED) is 0.795. The molecule has 1 saturated heterocycles. The number of rotatable bonds is 4. The molecule has 16 heavy (non-hydrogen) atoms. The van der Waals surface area contributed by atoms with E-state index in [-0.39, 0.29) is 11.7 Å². The van der Waals surface area contributed by atoms with Crippen molar-refractivity contribution in [2.24, 2.45) is 5.92 Å². The average molecular weight is 224 g/mol. The van der Waals surface area contributed by atoms with Gasteiger partial charge >= 0.3 is 0 Å². The molecule has 0 aromatic carbocycles. The van der Waals surface area contributed by atoms with Crippen molar-refractivity contribution in [1.29, 1.82) is 0 Å². The molecule has 2 unspecified atom stereocenters. The second-order valence-electron chi connectivity index (χ2n) is 6.15. The first kappa shape index (κ1) is 11.0. The maximum atomic E-state index is 9.85. The Kier molecular flexibility index (Phi) is 2.97. The summed E-state index contributed by atoms with van der Waals surface area (Å²) in [5.41, 5.74) is 0.273. The van der Waals surface area contributed by atoms with Gasteiger partial charge in [0.15, 0.2) is 0 Å². The first-order valence-corrected chi connectivity index (χ1v) is 7.13. The molecule has 1 spiro atoms. The Bertz CT molecular complexity index is 241. The van der Waals surface area contributed by atoms with Crippen molar-refractivity contribution in [3.8, 4) is 0 Å². The number of aliphatic hydroxyl groups excluding tert-OH is 1. The predicted octanol–water partition coefficient (Wildman–Crippen LogP) is 3.03. The predicted molar refractivity (Wildman–Crippen MR) is 63.3 cm³/mol. The molecule has 0 aromatic heterocycles. The van der Waals surface area contributed by atoms with Crippen LogP contribution in [0.1, 0.15) is 64.2 Å². The fourth-order valence-corrected chi connectivity index (χ4v) is 3.56. The summed E-state index contributed by atoms with van der Waals surface area (Å²) < 4.78 is 6.25. The first-order chi connectivity index (χ1) is 7.77. The van der Waals surface area contributed by atoms with E-state index in [4.69, 9.17) is 4.74 Å². The second-order valence-corrected chi connectivity index (χ2v) is 6.15. The van der Waals surface area contributed by atoms with Gasteiger partial charge in [-0.05, 0) is 57.3 Å². The highest BCUT2D eigenvalue weighted by molar-refractivity contribution is 4.93. The van der Waals surface area contributed by atoms with E-state index >= 15 is 0 Å². The summed E-state index contributed by atoms with van der Waals surface area (Å²) in [5, 5.41) is 9.85. The van der Waals surface area contributed by atoms with Crippen LogP contribution in [0, 0.1) is 5.92 Å². The van der Waals surface area contributed by atoms with Gasteiger partial charge in [0, 0.05) is 0 Å². The third-order valence-corrected chi connectivity index (χ3v) is 4.80. The van der Waals surface area contributed by atoms with Gasteiger partial charge < -0.3 is 9.84 Å². The van der Waals surface area contributed by atoms with E-state index in [1.807, 2.05) is 0 Å². The van der Waals surface area contributed by atoms with Gasteiger partial charge in [0.05, 0.1) is 17.8 Å². The first-order valence-electron chi connectivity index (χ1n) is 7.13. The van der Waals surface area contributed by atoms with Crippen LogP contribution in [0.5, 0.6) is 0 Å². The molecule has 3 fully saturated rings. The summed E-state index contributed by atoms with van der Waals surface area (Å²) in [5.74, 6) is 0.627. The van der Waals surface area contributed by atoms with Gasteiger partial charge in [-0.2, -0.15) is 0 Å². The molecule has 2 aliphatic carbocycles. The van der Waals surface area contributed by atoms with Crippen LogP contribution in [0.2, 0.25) is 0 Å². The summed E-state index contributed by atoms with van der Waals surface area (Å²) >= 11 is 0. The maximum Gasteiger partial charge on any atom is 0.0687 e. The highest BCUT2D eigenvalue weighted by Crippen LogP contribution is 2.44. The Balaban J connectivity index is 1.43. The van der Waals surface area contributed by atoms with Crippen LogP contribution in [0.4, 0.5) is 0 Å². The lowest BCUT2D eigenvalue weighted by Crippen LogP contribution is -2.25. The van der Waals surface area contributed by atoms with Crippen LogP contribution in [0.25, 0.3) is 0 Å². The lowest BCUT2D eigenvalue weighted by molar-refractivity contribution is -0.0434. The van der Waals surface area contributed by atoms with E-state index in [9.17, 15) is 5.11 Å². The minimum Gasteiger partial charge on any atom is -0.393 e. The minimum atomic E-state index is -0.0382. The third kappa shape index (κ3) is 2.28. The molecule has 2 heteroatoms. The molecule has 2 nitrogen and oxygen atoms in total. The third-order valence-electron chi connectivity index (χ3n) is 4.80. The van der Waals surface area contributed by atoms with Gasteiger partial charge in [-0.1, -0.05) is 12.8 Å². The van der Waals surface area contributed by atoms with E-state index in [0.29, 0.717) is 12.0 Å². The lowest BCUT2D eigenvalue weighted by Gasteiger charge is -2.24. The number of ether oxygens (including phenoxy) is 1. The summed E-state index contributed by atoms with van der Waals surface area (Å²) in [7, 11) is 0. The van der Waals surface area contributed by atoms with E-state index in [1.165, 1.54) is 51.4 Å². The molecule has 0 radical (unpaired) electrons. The van der Waals surface area contributed by atoms with Crippen molar-refractivity contribution in [1.82, 2.24) is 0 Å². The molecule has 1 N–H and O–H groups in total. The van der Waals surface area contributed by atoms with Crippen LogP contribution in [-0.2, 0) is 4.74 Å². The van der Waals surface area contributed by atoms with Gasteiger partial charge in [0.1, 0.15) is 0 Å². The van der Waals surface area contributed by atoms with Crippen molar-refractivity contribution in [3.05, 3.63) is 0 Å². The Labute approximate surface area is 98.4 Å².